The molecule has 6 unspecified atom stereocenters. The molecule has 0 aromatic heterocycles. The van der Waals surface area contributed by atoms with Crippen molar-refractivity contribution in [2.45, 2.75) is 45.0 Å². The van der Waals surface area contributed by atoms with E-state index >= 15 is 0 Å². The molecule has 2 saturated carbocycles. The van der Waals surface area contributed by atoms with Gasteiger partial charge in [0.05, 0.1) is 11.5 Å². The Kier molecular flexibility index (Phi) is 2.77. The second-order valence-corrected chi connectivity index (χ2v) is 6.82. The summed E-state index contributed by atoms with van der Waals surface area (Å²) < 4.78 is 10.9. The van der Waals surface area contributed by atoms with E-state index in [2.05, 4.69) is 6.58 Å². The molecule has 1 heterocycles. The standard InChI is InChI=1S/C15H20O5/c1-6(2)13(16)19-12-8-5-7-9(10(8)15(3,4)18)14(17)20-11(7)12/h7-12,18H,1,5H2,2-4H3. The number of carbonyl (C=O) groups is 2. The third-order valence-corrected chi connectivity index (χ3v) is 4.95. The van der Waals surface area contributed by atoms with E-state index in [4.69, 9.17) is 9.47 Å². The van der Waals surface area contributed by atoms with Crippen LogP contribution in [0.2, 0.25) is 0 Å². The summed E-state index contributed by atoms with van der Waals surface area (Å²) in [5.41, 5.74) is -0.666. The van der Waals surface area contributed by atoms with E-state index in [1.165, 1.54) is 0 Å². The Labute approximate surface area is 117 Å². The molecule has 20 heavy (non-hydrogen) atoms. The lowest BCUT2D eigenvalue weighted by Gasteiger charge is -2.38. The van der Waals surface area contributed by atoms with Gasteiger partial charge in [0.1, 0.15) is 12.2 Å². The SMILES string of the molecule is C=C(C)C(=O)OC1C2CC3C1OC(=O)C3C2C(C)(C)O. The van der Waals surface area contributed by atoms with Crippen molar-refractivity contribution in [3.8, 4) is 0 Å². The quantitative estimate of drug-likeness (QED) is 0.618. The van der Waals surface area contributed by atoms with Crippen LogP contribution in [-0.2, 0) is 19.1 Å². The molecule has 1 N–H and O–H groups in total. The maximum Gasteiger partial charge on any atom is 0.333 e. The largest absolute Gasteiger partial charge is 0.458 e. The average molecular weight is 280 g/mol. The smallest absolute Gasteiger partial charge is 0.333 e. The van der Waals surface area contributed by atoms with Gasteiger partial charge in [-0.3, -0.25) is 4.79 Å². The van der Waals surface area contributed by atoms with Crippen LogP contribution >= 0.6 is 0 Å². The Hall–Kier alpha value is -1.36. The van der Waals surface area contributed by atoms with Crippen molar-refractivity contribution >= 4 is 11.9 Å². The van der Waals surface area contributed by atoms with Gasteiger partial charge in [0.15, 0.2) is 0 Å². The molecule has 0 aromatic carbocycles. The zero-order chi connectivity index (χ0) is 14.8. The first-order valence-electron chi connectivity index (χ1n) is 7.01. The lowest BCUT2D eigenvalue weighted by molar-refractivity contribution is -0.159. The molecule has 0 radical (unpaired) electrons. The van der Waals surface area contributed by atoms with Crippen LogP contribution in [0.25, 0.3) is 0 Å². The van der Waals surface area contributed by atoms with Gasteiger partial charge in [0.2, 0.25) is 0 Å². The fourth-order valence-corrected chi connectivity index (χ4v) is 4.33. The van der Waals surface area contributed by atoms with Crippen LogP contribution in [0.5, 0.6) is 0 Å². The Balaban J connectivity index is 1.90. The Morgan fingerprint density at radius 3 is 2.65 bits per heavy atom. The normalized spacial score (nSPS) is 41.7. The number of esters is 2. The minimum absolute atomic E-state index is 0.0234. The van der Waals surface area contributed by atoms with Crippen LogP contribution in [0.15, 0.2) is 12.2 Å². The van der Waals surface area contributed by atoms with Gasteiger partial charge in [0, 0.05) is 23.3 Å². The molecule has 2 aliphatic carbocycles. The summed E-state index contributed by atoms with van der Waals surface area (Å²) in [6.07, 6.45) is -0.0353. The van der Waals surface area contributed by atoms with Crippen LogP contribution in [0.4, 0.5) is 0 Å². The molecule has 1 saturated heterocycles. The number of carbonyl (C=O) groups excluding carboxylic acids is 2. The summed E-state index contributed by atoms with van der Waals surface area (Å²) in [4.78, 5) is 23.8. The molecular formula is C15H20O5. The van der Waals surface area contributed by atoms with Crippen LogP contribution in [0.3, 0.4) is 0 Å². The molecule has 3 fully saturated rings. The summed E-state index contributed by atoms with van der Waals surface area (Å²) in [7, 11) is 0. The van der Waals surface area contributed by atoms with Crippen molar-refractivity contribution in [1.29, 1.82) is 0 Å². The molecule has 0 amide bonds. The fourth-order valence-electron chi connectivity index (χ4n) is 4.33. The van der Waals surface area contributed by atoms with E-state index in [0.717, 1.165) is 6.42 Å². The maximum absolute atomic E-state index is 12.0. The van der Waals surface area contributed by atoms with Crippen LogP contribution < -0.4 is 0 Å². The first-order chi connectivity index (χ1) is 9.21. The summed E-state index contributed by atoms with van der Waals surface area (Å²) >= 11 is 0. The predicted octanol–water partition coefficient (Wildman–Crippen LogP) is 1.05. The van der Waals surface area contributed by atoms with Crippen LogP contribution in [-0.4, -0.2) is 34.9 Å². The number of rotatable bonds is 3. The minimum Gasteiger partial charge on any atom is -0.458 e. The highest BCUT2D eigenvalue weighted by atomic mass is 16.6. The van der Waals surface area contributed by atoms with Crippen molar-refractivity contribution in [2.75, 3.05) is 0 Å². The van der Waals surface area contributed by atoms with Gasteiger partial charge >= 0.3 is 11.9 Å². The van der Waals surface area contributed by atoms with E-state index in [1.807, 2.05) is 0 Å². The van der Waals surface area contributed by atoms with Gasteiger partial charge < -0.3 is 14.6 Å². The van der Waals surface area contributed by atoms with E-state index in [9.17, 15) is 14.7 Å². The Morgan fingerprint density at radius 2 is 2.10 bits per heavy atom. The van der Waals surface area contributed by atoms with E-state index in [1.54, 1.807) is 20.8 Å². The first kappa shape index (κ1) is 13.6. The first-order valence-corrected chi connectivity index (χ1v) is 7.01. The summed E-state index contributed by atoms with van der Waals surface area (Å²) in [5.74, 6) is -1.16. The second kappa shape index (κ2) is 4.07. The molecule has 0 aromatic rings. The van der Waals surface area contributed by atoms with Gasteiger partial charge in [-0.25, -0.2) is 4.79 Å². The molecule has 2 bridgehead atoms. The Morgan fingerprint density at radius 1 is 1.45 bits per heavy atom. The third-order valence-electron chi connectivity index (χ3n) is 4.95. The number of hydrogen-bond donors (Lipinski definition) is 1. The highest BCUT2D eigenvalue weighted by Crippen LogP contribution is 2.61. The zero-order valence-corrected chi connectivity index (χ0v) is 12.0. The number of aliphatic hydroxyl groups is 1. The molecule has 5 heteroatoms. The lowest BCUT2D eigenvalue weighted by Crippen LogP contribution is -2.48. The summed E-state index contributed by atoms with van der Waals surface area (Å²) in [6.45, 7) is 8.57. The van der Waals surface area contributed by atoms with Crippen molar-refractivity contribution in [2.24, 2.45) is 23.7 Å². The number of fused-ring (bicyclic) bond motifs is 1. The van der Waals surface area contributed by atoms with E-state index < -0.39 is 17.7 Å². The Bertz CT molecular complexity index is 489. The molecular weight excluding hydrogens is 260 g/mol. The van der Waals surface area contributed by atoms with E-state index in [0.29, 0.717) is 5.57 Å². The van der Waals surface area contributed by atoms with Crippen molar-refractivity contribution in [3.63, 3.8) is 0 Å². The predicted molar refractivity (Wildman–Crippen MR) is 69.4 cm³/mol. The zero-order valence-electron chi connectivity index (χ0n) is 12.0. The highest BCUT2D eigenvalue weighted by Gasteiger charge is 2.70. The number of ether oxygens (including phenoxy) is 2. The molecule has 3 aliphatic rings. The third kappa shape index (κ3) is 1.72. The maximum atomic E-state index is 12.0. The second-order valence-electron chi connectivity index (χ2n) is 6.82. The molecule has 1 aliphatic heterocycles. The number of hydrogen-bond acceptors (Lipinski definition) is 5. The topological polar surface area (TPSA) is 72.8 Å². The van der Waals surface area contributed by atoms with Gasteiger partial charge in [-0.1, -0.05) is 6.58 Å². The van der Waals surface area contributed by atoms with Crippen molar-refractivity contribution < 1.29 is 24.2 Å². The molecule has 3 rings (SSSR count). The lowest BCUT2D eigenvalue weighted by atomic mass is 9.71. The van der Waals surface area contributed by atoms with Crippen LogP contribution in [0, 0.1) is 23.7 Å². The molecule has 0 spiro atoms. The molecule has 110 valence electrons. The van der Waals surface area contributed by atoms with Gasteiger partial charge in [-0.15, -0.1) is 0 Å². The summed E-state index contributed by atoms with van der Waals surface area (Å²) in [6, 6.07) is 0. The summed E-state index contributed by atoms with van der Waals surface area (Å²) in [5, 5.41) is 10.4. The molecule has 5 nitrogen and oxygen atoms in total. The fraction of sp³-hybridized carbons (Fsp3) is 0.733. The molecule has 6 atom stereocenters. The van der Waals surface area contributed by atoms with Gasteiger partial charge in [-0.05, 0) is 27.2 Å². The van der Waals surface area contributed by atoms with Gasteiger partial charge in [0.25, 0.3) is 0 Å². The van der Waals surface area contributed by atoms with Crippen molar-refractivity contribution in [1.82, 2.24) is 0 Å². The monoisotopic (exact) mass is 280 g/mol. The van der Waals surface area contributed by atoms with Crippen LogP contribution in [0.1, 0.15) is 27.2 Å². The minimum atomic E-state index is -0.994. The van der Waals surface area contributed by atoms with Crippen molar-refractivity contribution in [3.05, 3.63) is 12.2 Å². The van der Waals surface area contributed by atoms with Gasteiger partial charge in [-0.2, -0.15) is 0 Å². The van der Waals surface area contributed by atoms with E-state index in [-0.39, 0.29) is 35.7 Å². The average Bonchev–Trinajstić information content (AvgIpc) is 2.90. The highest BCUT2D eigenvalue weighted by molar-refractivity contribution is 5.87.